The van der Waals surface area contributed by atoms with Gasteiger partial charge in [0.15, 0.2) is 0 Å². The Labute approximate surface area is 84.9 Å². The zero-order valence-electron chi connectivity index (χ0n) is 9.33. The molecule has 0 bridgehead atoms. The molecule has 0 aliphatic rings. The summed E-state index contributed by atoms with van der Waals surface area (Å²) in [6.07, 6.45) is 0.728. The number of aryl methyl sites for hydroxylation is 2. The van der Waals surface area contributed by atoms with Crippen molar-refractivity contribution in [2.45, 2.75) is 32.8 Å². The van der Waals surface area contributed by atoms with E-state index in [2.05, 4.69) is 10.4 Å². The van der Waals surface area contributed by atoms with Crippen molar-refractivity contribution >= 4 is 5.82 Å². The number of aromatic nitrogens is 2. The van der Waals surface area contributed by atoms with Crippen molar-refractivity contribution in [1.82, 2.24) is 9.78 Å². The molecule has 0 spiro atoms. The second-order valence-corrected chi connectivity index (χ2v) is 4.00. The molecule has 0 aliphatic heterocycles. The fraction of sp³-hybridized carbons (Fsp3) is 0.700. The van der Waals surface area contributed by atoms with Crippen LogP contribution in [0.4, 0.5) is 5.82 Å². The maximum absolute atomic E-state index is 9.76. The van der Waals surface area contributed by atoms with Crippen molar-refractivity contribution in [2.75, 3.05) is 11.9 Å². The van der Waals surface area contributed by atoms with E-state index in [1.54, 1.807) is 0 Å². The van der Waals surface area contributed by atoms with Crippen LogP contribution >= 0.6 is 0 Å². The van der Waals surface area contributed by atoms with Gasteiger partial charge in [0.25, 0.3) is 0 Å². The summed E-state index contributed by atoms with van der Waals surface area (Å²) in [5, 5.41) is 17.1. The lowest BCUT2D eigenvalue weighted by Gasteiger charge is -2.21. The van der Waals surface area contributed by atoms with E-state index in [0.717, 1.165) is 17.9 Å². The minimum Gasteiger partial charge on any atom is -0.388 e. The molecule has 1 unspecified atom stereocenters. The summed E-state index contributed by atoms with van der Waals surface area (Å²) in [5.74, 6) is 0.818. The molecule has 14 heavy (non-hydrogen) atoms. The predicted molar refractivity (Wildman–Crippen MR) is 57.3 cm³/mol. The third kappa shape index (κ3) is 2.73. The number of hydrogen-bond donors (Lipinski definition) is 2. The molecule has 1 rings (SSSR count). The zero-order chi connectivity index (χ0) is 10.8. The number of nitrogens with zero attached hydrogens (tertiary/aromatic N) is 2. The summed E-state index contributed by atoms with van der Waals surface area (Å²) in [7, 11) is 1.90. The van der Waals surface area contributed by atoms with Crippen LogP contribution in [-0.4, -0.2) is 27.0 Å². The van der Waals surface area contributed by atoms with Gasteiger partial charge in [0.1, 0.15) is 5.82 Å². The molecule has 1 heterocycles. The average Bonchev–Trinajstić information content (AvgIpc) is 2.44. The van der Waals surface area contributed by atoms with Crippen molar-refractivity contribution in [3.8, 4) is 0 Å². The molecule has 0 radical (unpaired) electrons. The molecule has 1 aromatic rings. The molecule has 4 nitrogen and oxygen atoms in total. The van der Waals surface area contributed by atoms with E-state index in [4.69, 9.17) is 0 Å². The highest BCUT2D eigenvalue weighted by atomic mass is 16.3. The molecule has 1 aromatic heterocycles. The van der Waals surface area contributed by atoms with Crippen LogP contribution in [0, 0.1) is 6.92 Å². The molecule has 80 valence electrons. The number of anilines is 1. The minimum atomic E-state index is -0.661. The van der Waals surface area contributed by atoms with Crippen LogP contribution in [0.15, 0.2) is 6.07 Å². The lowest BCUT2D eigenvalue weighted by molar-refractivity contribution is 0.0696. The molecule has 0 amide bonds. The van der Waals surface area contributed by atoms with Gasteiger partial charge in [0.2, 0.25) is 0 Å². The topological polar surface area (TPSA) is 50.1 Å². The van der Waals surface area contributed by atoms with Gasteiger partial charge in [0, 0.05) is 25.4 Å². The summed E-state index contributed by atoms with van der Waals surface area (Å²) >= 11 is 0. The van der Waals surface area contributed by atoms with Crippen LogP contribution in [0.2, 0.25) is 0 Å². The smallest absolute Gasteiger partial charge is 0.148 e. The first kappa shape index (κ1) is 11.0. The van der Waals surface area contributed by atoms with Crippen molar-refractivity contribution in [3.63, 3.8) is 0 Å². The first-order valence-corrected chi connectivity index (χ1v) is 4.91. The van der Waals surface area contributed by atoms with E-state index in [0.29, 0.717) is 6.54 Å². The molecular weight excluding hydrogens is 178 g/mol. The van der Waals surface area contributed by atoms with Gasteiger partial charge in [-0.1, -0.05) is 6.92 Å². The number of nitrogens with one attached hydrogen (secondary N) is 1. The molecular formula is C10H19N3O. The fourth-order valence-corrected chi connectivity index (χ4v) is 1.05. The van der Waals surface area contributed by atoms with Gasteiger partial charge in [-0.15, -0.1) is 0 Å². The number of aliphatic hydroxyl groups is 1. The van der Waals surface area contributed by atoms with E-state index < -0.39 is 5.60 Å². The maximum atomic E-state index is 9.76. The molecule has 2 N–H and O–H groups in total. The Hall–Kier alpha value is -1.03. The SMILES string of the molecule is CCC(C)(O)CNc1cc(C)n(C)n1. The Bertz CT molecular complexity index is 285. The third-order valence-electron chi connectivity index (χ3n) is 2.53. The summed E-state index contributed by atoms with van der Waals surface area (Å²) in [6, 6.07) is 1.96. The van der Waals surface area contributed by atoms with Crippen LogP contribution in [0.25, 0.3) is 0 Å². The average molecular weight is 197 g/mol. The number of rotatable bonds is 4. The monoisotopic (exact) mass is 197 g/mol. The third-order valence-corrected chi connectivity index (χ3v) is 2.53. The Kier molecular flexibility index (Phi) is 3.16. The zero-order valence-corrected chi connectivity index (χ0v) is 9.33. The van der Waals surface area contributed by atoms with Crippen LogP contribution in [0.5, 0.6) is 0 Å². The van der Waals surface area contributed by atoms with Gasteiger partial charge in [0.05, 0.1) is 5.60 Å². The molecule has 0 aliphatic carbocycles. The van der Waals surface area contributed by atoms with Gasteiger partial charge in [-0.3, -0.25) is 4.68 Å². The minimum absolute atomic E-state index is 0.528. The molecule has 1 atom stereocenters. The van der Waals surface area contributed by atoms with Crippen molar-refractivity contribution in [3.05, 3.63) is 11.8 Å². The number of hydrogen-bond acceptors (Lipinski definition) is 3. The van der Waals surface area contributed by atoms with Crippen LogP contribution < -0.4 is 5.32 Å². The molecule has 0 saturated heterocycles. The summed E-state index contributed by atoms with van der Waals surface area (Å²) in [6.45, 7) is 6.30. The molecule has 0 saturated carbocycles. The Morgan fingerprint density at radius 1 is 1.64 bits per heavy atom. The predicted octanol–water partition coefficient (Wildman–Crippen LogP) is 1.30. The molecule has 0 fully saturated rings. The molecule has 0 aromatic carbocycles. The normalized spacial score (nSPS) is 15.2. The van der Waals surface area contributed by atoms with E-state index in [1.165, 1.54) is 0 Å². The standard InChI is InChI=1S/C10H19N3O/c1-5-10(3,14)7-11-9-6-8(2)13(4)12-9/h6,14H,5,7H2,1-4H3,(H,11,12). The Balaban J connectivity index is 2.54. The second-order valence-electron chi connectivity index (χ2n) is 4.00. The highest BCUT2D eigenvalue weighted by Gasteiger charge is 2.17. The van der Waals surface area contributed by atoms with E-state index in [-0.39, 0.29) is 0 Å². The Morgan fingerprint density at radius 3 is 2.71 bits per heavy atom. The van der Waals surface area contributed by atoms with E-state index in [9.17, 15) is 5.11 Å². The van der Waals surface area contributed by atoms with Crippen molar-refractivity contribution < 1.29 is 5.11 Å². The first-order chi connectivity index (χ1) is 6.44. The largest absolute Gasteiger partial charge is 0.388 e. The Morgan fingerprint density at radius 2 is 2.29 bits per heavy atom. The van der Waals surface area contributed by atoms with Crippen LogP contribution in [0.3, 0.4) is 0 Å². The fourth-order valence-electron chi connectivity index (χ4n) is 1.05. The van der Waals surface area contributed by atoms with Gasteiger partial charge < -0.3 is 10.4 Å². The lowest BCUT2D eigenvalue weighted by Crippen LogP contribution is -2.32. The summed E-state index contributed by atoms with van der Waals surface area (Å²) < 4.78 is 1.81. The van der Waals surface area contributed by atoms with E-state index >= 15 is 0 Å². The highest BCUT2D eigenvalue weighted by molar-refractivity contribution is 5.35. The van der Waals surface area contributed by atoms with Gasteiger partial charge in [-0.2, -0.15) is 5.10 Å². The van der Waals surface area contributed by atoms with Crippen molar-refractivity contribution in [1.29, 1.82) is 0 Å². The first-order valence-electron chi connectivity index (χ1n) is 4.91. The summed E-state index contributed by atoms with van der Waals surface area (Å²) in [4.78, 5) is 0. The summed E-state index contributed by atoms with van der Waals surface area (Å²) in [5.41, 5.74) is 0.439. The van der Waals surface area contributed by atoms with Crippen LogP contribution in [0.1, 0.15) is 26.0 Å². The van der Waals surface area contributed by atoms with Crippen LogP contribution in [-0.2, 0) is 7.05 Å². The van der Waals surface area contributed by atoms with Crippen molar-refractivity contribution in [2.24, 2.45) is 7.05 Å². The van der Waals surface area contributed by atoms with Gasteiger partial charge >= 0.3 is 0 Å². The highest BCUT2D eigenvalue weighted by Crippen LogP contribution is 2.11. The van der Waals surface area contributed by atoms with E-state index in [1.807, 2.05) is 38.6 Å². The molecule has 4 heteroatoms. The maximum Gasteiger partial charge on any atom is 0.148 e. The van der Waals surface area contributed by atoms with Gasteiger partial charge in [-0.05, 0) is 20.3 Å². The van der Waals surface area contributed by atoms with Gasteiger partial charge in [-0.25, -0.2) is 0 Å². The quantitative estimate of drug-likeness (QED) is 0.765. The second kappa shape index (κ2) is 4.00. The lowest BCUT2D eigenvalue weighted by atomic mass is 10.0.